The molecule has 0 rings (SSSR count). The zero-order valence-corrected chi connectivity index (χ0v) is 50.8. The molecule has 0 aliphatic heterocycles. The van der Waals surface area contributed by atoms with Gasteiger partial charge in [-0.25, -0.2) is 0 Å². The Bertz CT molecular complexity index is 1090. The molecule has 0 bridgehead atoms. The first-order valence-electron chi connectivity index (χ1n) is 33.1. The highest BCUT2D eigenvalue weighted by atomic mass is 16.5. The van der Waals surface area contributed by atoms with Crippen molar-refractivity contribution >= 4 is 18.3 Å². The van der Waals surface area contributed by atoms with Crippen LogP contribution in [0.15, 0.2) is 4.99 Å². The summed E-state index contributed by atoms with van der Waals surface area (Å²) < 4.78 is 11.7. The van der Waals surface area contributed by atoms with E-state index in [-0.39, 0.29) is 11.9 Å². The van der Waals surface area contributed by atoms with Gasteiger partial charge in [0.25, 0.3) is 0 Å². The van der Waals surface area contributed by atoms with Crippen molar-refractivity contribution < 1.29 is 19.1 Å². The molecule has 0 aromatic carbocycles. The second kappa shape index (κ2) is 58.1. The second-order valence-corrected chi connectivity index (χ2v) is 23.1. The summed E-state index contributed by atoms with van der Waals surface area (Å²) in [5.41, 5.74) is 0. The van der Waals surface area contributed by atoms with E-state index in [9.17, 15) is 9.59 Å². The molecule has 0 aromatic rings. The van der Waals surface area contributed by atoms with Crippen molar-refractivity contribution in [1.82, 2.24) is 9.80 Å². The number of carbonyl (C=O) groups is 2. The molecule has 0 heterocycles. The molecule has 0 saturated carbocycles. The summed E-state index contributed by atoms with van der Waals surface area (Å²) >= 11 is 0. The zero-order chi connectivity index (χ0) is 53.3. The highest BCUT2D eigenvalue weighted by molar-refractivity contribution is 5.69. The normalized spacial score (nSPS) is 13.0. The van der Waals surface area contributed by atoms with E-state index in [0.29, 0.717) is 43.9 Å². The first-order valence-corrected chi connectivity index (χ1v) is 33.1. The van der Waals surface area contributed by atoms with E-state index < -0.39 is 0 Å². The lowest BCUT2D eigenvalue weighted by Gasteiger charge is -2.33. The van der Waals surface area contributed by atoms with Gasteiger partial charge < -0.3 is 19.3 Å². The molecule has 2 atom stereocenters. The van der Waals surface area contributed by atoms with E-state index >= 15 is 0 Å². The van der Waals surface area contributed by atoms with Gasteiger partial charge in [0, 0.05) is 45.6 Å². The van der Waals surface area contributed by atoms with Crippen LogP contribution in [0.4, 0.5) is 0 Å². The monoisotopic (exact) mass is 1030 g/mol. The first kappa shape index (κ1) is 71.4. The standard InChI is InChI=1S/C66H131N3O4/c1-8-14-19-22-23-24-25-26-27-28-29-34-39-46-57-69(58-47-56-68(7)61-67-13-6)64(52-42-35-30-32-37-44-54-65(70)72-59-62(48-17-11-4)50-40-20-15-9-2)53-43-36-31-33-38-45-55-66(71)73-60-63(49-18-12-5)51-41-21-16-10-3/h61-64H,8-60H2,1-7H3/b67-61-. The summed E-state index contributed by atoms with van der Waals surface area (Å²) in [6, 6.07) is 0.654. The lowest BCUT2D eigenvalue weighted by molar-refractivity contribution is -0.146. The summed E-state index contributed by atoms with van der Waals surface area (Å²) in [6.07, 6.45) is 61.1. The maximum absolute atomic E-state index is 12.7. The fourth-order valence-corrected chi connectivity index (χ4v) is 10.9. The Hall–Kier alpha value is -1.63. The molecule has 0 aromatic heterocycles. The van der Waals surface area contributed by atoms with Gasteiger partial charge in [-0.1, -0.05) is 259 Å². The summed E-state index contributed by atoms with van der Waals surface area (Å²) in [7, 11) is 2.18. The van der Waals surface area contributed by atoms with Crippen LogP contribution in [0.3, 0.4) is 0 Å². The summed E-state index contributed by atoms with van der Waals surface area (Å²) in [5, 5.41) is 0. The molecule has 0 fully saturated rings. The van der Waals surface area contributed by atoms with Crippen LogP contribution in [0.1, 0.15) is 343 Å². The minimum atomic E-state index is 0.0233. The van der Waals surface area contributed by atoms with Gasteiger partial charge in [0.2, 0.25) is 0 Å². The zero-order valence-electron chi connectivity index (χ0n) is 50.8. The van der Waals surface area contributed by atoms with Crippen molar-refractivity contribution in [3.8, 4) is 0 Å². The van der Waals surface area contributed by atoms with Crippen LogP contribution in [0.5, 0.6) is 0 Å². The van der Waals surface area contributed by atoms with E-state index in [1.54, 1.807) is 0 Å². The number of hydrogen-bond donors (Lipinski definition) is 0. The lowest BCUT2D eigenvalue weighted by Crippen LogP contribution is -2.38. The largest absolute Gasteiger partial charge is 0.465 e. The average molecular weight is 1030 g/mol. The Morgan fingerprint density at radius 1 is 0.370 bits per heavy atom. The number of unbranched alkanes of at least 4 members (excludes halogenated alkanes) is 31. The van der Waals surface area contributed by atoms with Crippen molar-refractivity contribution in [1.29, 1.82) is 0 Å². The fourth-order valence-electron chi connectivity index (χ4n) is 10.9. The van der Waals surface area contributed by atoms with Gasteiger partial charge in [0.05, 0.1) is 19.6 Å². The number of hydrogen-bond acceptors (Lipinski definition) is 6. The Morgan fingerprint density at radius 3 is 1.08 bits per heavy atom. The van der Waals surface area contributed by atoms with E-state index in [2.05, 4.69) is 63.4 Å². The third-order valence-electron chi connectivity index (χ3n) is 15.9. The van der Waals surface area contributed by atoms with E-state index in [1.165, 1.54) is 276 Å². The minimum Gasteiger partial charge on any atom is -0.465 e. The van der Waals surface area contributed by atoms with Crippen LogP contribution < -0.4 is 0 Å². The van der Waals surface area contributed by atoms with Crippen molar-refractivity contribution in [2.24, 2.45) is 16.8 Å². The van der Waals surface area contributed by atoms with Crippen molar-refractivity contribution in [2.75, 3.05) is 46.4 Å². The van der Waals surface area contributed by atoms with Crippen LogP contribution in [-0.2, 0) is 19.1 Å². The third-order valence-corrected chi connectivity index (χ3v) is 15.9. The SMILES string of the molecule is CCCCCCCCCCCCCCCCN(CCCN(C)/C=N\CC)C(CCCCCCCCC(=O)OCC(CCCC)CCCCCC)CCCCCCCCC(=O)OCC(CCCC)CCCCCC. The molecule has 0 aliphatic carbocycles. The first-order chi connectivity index (χ1) is 35.8. The maximum Gasteiger partial charge on any atom is 0.305 e. The smallest absolute Gasteiger partial charge is 0.305 e. The Kier molecular flexibility index (Phi) is 56.8. The summed E-state index contributed by atoms with van der Waals surface area (Å²) in [6.45, 7) is 19.0. The number of rotatable bonds is 60. The van der Waals surface area contributed by atoms with Gasteiger partial charge in [-0.15, -0.1) is 0 Å². The van der Waals surface area contributed by atoms with Gasteiger partial charge >= 0.3 is 11.9 Å². The molecule has 0 N–H and O–H groups in total. The molecule has 0 saturated heterocycles. The Labute approximate surface area is 457 Å². The molecule has 0 radical (unpaired) electrons. The molecule has 434 valence electrons. The van der Waals surface area contributed by atoms with Gasteiger partial charge in [-0.3, -0.25) is 14.6 Å². The highest BCUT2D eigenvalue weighted by Gasteiger charge is 2.19. The Morgan fingerprint density at radius 2 is 0.685 bits per heavy atom. The molecular formula is C66H131N3O4. The minimum absolute atomic E-state index is 0.0233. The molecule has 0 spiro atoms. The van der Waals surface area contributed by atoms with Crippen LogP contribution in [0.2, 0.25) is 0 Å². The van der Waals surface area contributed by atoms with E-state index in [0.717, 1.165) is 38.8 Å². The number of esters is 2. The molecular weight excluding hydrogens is 899 g/mol. The molecule has 2 unspecified atom stereocenters. The molecule has 73 heavy (non-hydrogen) atoms. The number of carbonyl (C=O) groups excluding carboxylic acids is 2. The van der Waals surface area contributed by atoms with Crippen LogP contribution in [0.25, 0.3) is 0 Å². The van der Waals surface area contributed by atoms with Crippen molar-refractivity contribution in [3.05, 3.63) is 0 Å². The van der Waals surface area contributed by atoms with Gasteiger partial charge in [-0.05, 0) is 89.5 Å². The van der Waals surface area contributed by atoms with Crippen LogP contribution in [0, 0.1) is 11.8 Å². The summed E-state index contributed by atoms with van der Waals surface area (Å²) in [5.74, 6) is 1.13. The number of ether oxygens (including phenoxy) is 2. The molecule has 0 amide bonds. The number of aliphatic imine (C=N–C) groups is 1. The van der Waals surface area contributed by atoms with Crippen molar-refractivity contribution in [3.63, 3.8) is 0 Å². The Balaban J connectivity index is 5.17. The maximum atomic E-state index is 12.7. The topological polar surface area (TPSA) is 71.4 Å². The molecule has 7 nitrogen and oxygen atoms in total. The third kappa shape index (κ3) is 50.9. The van der Waals surface area contributed by atoms with Gasteiger partial charge in [-0.2, -0.15) is 0 Å². The lowest BCUT2D eigenvalue weighted by atomic mass is 9.96. The number of nitrogens with zero attached hydrogens (tertiary/aromatic N) is 3. The second-order valence-electron chi connectivity index (χ2n) is 23.1. The van der Waals surface area contributed by atoms with Crippen LogP contribution >= 0.6 is 0 Å². The van der Waals surface area contributed by atoms with E-state index in [1.807, 2.05) is 6.34 Å². The molecule has 0 aliphatic rings. The average Bonchev–Trinajstić information content (AvgIpc) is 3.39. The van der Waals surface area contributed by atoms with Crippen LogP contribution in [-0.4, -0.2) is 80.6 Å². The van der Waals surface area contributed by atoms with E-state index in [4.69, 9.17) is 9.47 Å². The highest BCUT2D eigenvalue weighted by Crippen LogP contribution is 2.23. The predicted molar refractivity (Wildman–Crippen MR) is 321 cm³/mol. The fraction of sp³-hybridized carbons (Fsp3) is 0.955. The van der Waals surface area contributed by atoms with Gasteiger partial charge in [0.1, 0.15) is 0 Å². The predicted octanol–water partition coefficient (Wildman–Crippen LogP) is 20.4. The summed E-state index contributed by atoms with van der Waals surface area (Å²) in [4.78, 5) is 35.1. The van der Waals surface area contributed by atoms with Gasteiger partial charge in [0.15, 0.2) is 0 Å². The van der Waals surface area contributed by atoms with Crippen molar-refractivity contribution in [2.45, 2.75) is 349 Å². The molecule has 7 heteroatoms. The quantitative estimate of drug-likeness (QED) is 0.0262.